The van der Waals surface area contributed by atoms with Crippen molar-refractivity contribution in [2.75, 3.05) is 12.4 Å². The first-order valence-corrected chi connectivity index (χ1v) is 12.3. The first-order chi connectivity index (χ1) is 19.4. The number of methoxy groups -OCH3 is 1. The van der Waals surface area contributed by atoms with E-state index in [2.05, 4.69) is 15.3 Å². The van der Waals surface area contributed by atoms with Crippen LogP contribution in [0, 0.1) is 5.82 Å². The molecule has 1 amide bonds. The molecule has 2 aromatic carbocycles. The number of carbonyl (C=O) groups excluding carboxylic acids is 1. The number of aryl methyl sites for hydroxylation is 1. The Balaban J connectivity index is 1.31. The number of pyridine rings is 3. The van der Waals surface area contributed by atoms with E-state index in [9.17, 15) is 9.59 Å². The summed E-state index contributed by atoms with van der Waals surface area (Å²) in [5, 5.41) is 3.95. The Morgan fingerprint density at radius 1 is 0.925 bits per heavy atom. The Labute approximate surface area is 227 Å². The number of rotatable bonds is 6. The van der Waals surface area contributed by atoms with E-state index in [0.29, 0.717) is 33.9 Å². The minimum Gasteiger partial charge on any atom is -0.497 e. The van der Waals surface area contributed by atoms with Crippen LogP contribution in [0.4, 0.5) is 10.1 Å². The van der Waals surface area contributed by atoms with Crippen molar-refractivity contribution in [2.45, 2.75) is 0 Å². The van der Waals surface area contributed by atoms with E-state index in [1.165, 1.54) is 22.8 Å². The lowest BCUT2D eigenvalue weighted by atomic mass is 10.1. The first-order valence-electron chi connectivity index (χ1n) is 12.3. The van der Waals surface area contributed by atoms with E-state index in [-0.39, 0.29) is 17.0 Å². The normalized spacial score (nSPS) is 11.1. The predicted molar refractivity (Wildman–Crippen MR) is 149 cm³/mol. The highest BCUT2D eigenvalue weighted by Gasteiger charge is 2.19. The second-order valence-corrected chi connectivity index (χ2v) is 8.99. The van der Waals surface area contributed by atoms with Crippen LogP contribution >= 0.6 is 0 Å². The molecule has 9 nitrogen and oxygen atoms in total. The lowest BCUT2D eigenvalue weighted by Gasteiger charge is -2.13. The van der Waals surface area contributed by atoms with Crippen LogP contribution in [0.25, 0.3) is 27.8 Å². The number of anilines is 1. The molecule has 40 heavy (non-hydrogen) atoms. The number of nitrogens with one attached hydrogen (secondary N) is 1. The average molecular weight is 536 g/mol. The lowest BCUT2D eigenvalue weighted by molar-refractivity contribution is 0.102. The smallest absolute Gasteiger partial charge is 0.269 e. The van der Waals surface area contributed by atoms with Gasteiger partial charge in [-0.1, -0.05) is 0 Å². The first kappa shape index (κ1) is 24.8. The van der Waals surface area contributed by atoms with Crippen LogP contribution in [0.2, 0.25) is 0 Å². The summed E-state index contributed by atoms with van der Waals surface area (Å²) in [7, 11) is 3.40. The van der Waals surface area contributed by atoms with Crippen LogP contribution in [0.3, 0.4) is 0 Å². The van der Waals surface area contributed by atoms with E-state index >= 15 is 4.39 Å². The number of benzene rings is 2. The minimum absolute atomic E-state index is 0.0204. The van der Waals surface area contributed by atoms with Gasteiger partial charge < -0.3 is 19.4 Å². The summed E-state index contributed by atoms with van der Waals surface area (Å²) < 4.78 is 29.3. The van der Waals surface area contributed by atoms with Gasteiger partial charge in [0.15, 0.2) is 11.6 Å². The fraction of sp³-hybridized carbons (Fsp3) is 0.0667. The number of amides is 1. The van der Waals surface area contributed by atoms with Gasteiger partial charge in [0.1, 0.15) is 28.4 Å². The highest BCUT2D eigenvalue weighted by molar-refractivity contribution is 6.05. The van der Waals surface area contributed by atoms with Crippen LogP contribution in [-0.2, 0) is 7.05 Å². The molecule has 0 saturated carbocycles. The van der Waals surface area contributed by atoms with Crippen molar-refractivity contribution in [3.8, 4) is 22.9 Å². The van der Waals surface area contributed by atoms with E-state index in [4.69, 9.17) is 9.47 Å². The molecule has 4 aromatic heterocycles. The van der Waals surface area contributed by atoms with Gasteiger partial charge in [-0.3, -0.25) is 14.2 Å². The molecule has 0 radical (unpaired) electrons. The number of halogens is 1. The Kier molecular flexibility index (Phi) is 6.19. The van der Waals surface area contributed by atoms with Crippen molar-refractivity contribution in [1.82, 2.24) is 19.1 Å². The lowest BCUT2D eigenvalue weighted by Crippen LogP contribution is -2.29. The van der Waals surface area contributed by atoms with E-state index in [1.807, 2.05) is 23.9 Å². The van der Waals surface area contributed by atoms with E-state index in [1.54, 1.807) is 62.0 Å². The zero-order chi connectivity index (χ0) is 27.8. The van der Waals surface area contributed by atoms with Gasteiger partial charge in [-0.05, 0) is 66.7 Å². The Morgan fingerprint density at radius 2 is 1.73 bits per heavy atom. The van der Waals surface area contributed by atoms with Gasteiger partial charge in [0.25, 0.3) is 11.5 Å². The molecular weight excluding hydrogens is 513 g/mol. The summed E-state index contributed by atoms with van der Waals surface area (Å²) in [6, 6.07) is 19.3. The van der Waals surface area contributed by atoms with Crippen LogP contribution in [0.1, 0.15) is 10.4 Å². The SMILES string of the molecule is COc1ccc(-n2c(=O)c(C(=O)Nc3ccc(Oc4ccnc5c4ccn5C)c(F)c3)cc3cccnc32)cc1. The molecule has 6 aromatic rings. The third-order valence-electron chi connectivity index (χ3n) is 6.47. The van der Waals surface area contributed by atoms with Gasteiger partial charge in [-0.15, -0.1) is 0 Å². The van der Waals surface area contributed by atoms with Gasteiger partial charge >= 0.3 is 0 Å². The number of aromatic nitrogens is 4. The van der Waals surface area contributed by atoms with Crippen LogP contribution in [-0.4, -0.2) is 32.1 Å². The zero-order valence-corrected chi connectivity index (χ0v) is 21.5. The molecule has 0 atom stereocenters. The molecule has 1 N–H and O–H groups in total. The standard InChI is InChI=1S/C30H22FN5O4/c1-35-15-12-22-25(11-14-33-28(22)35)40-26-10-5-19(17-24(26)31)34-29(37)23-16-18-4-3-13-32-27(18)36(30(23)38)20-6-8-21(39-2)9-7-20/h3-17H,1-2H3,(H,34,37). The zero-order valence-electron chi connectivity index (χ0n) is 21.5. The van der Waals surface area contributed by atoms with Crippen LogP contribution in [0.15, 0.2) is 96.2 Å². The molecule has 4 heterocycles. The average Bonchev–Trinajstić information content (AvgIpc) is 3.35. The molecule has 0 fully saturated rings. The van der Waals surface area contributed by atoms with Gasteiger partial charge in [0.2, 0.25) is 0 Å². The Morgan fingerprint density at radius 3 is 2.50 bits per heavy atom. The molecule has 6 rings (SSSR count). The molecule has 0 aliphatic carbocycles. The van der Waals surface area contributed by atoms with E-state index in [0.717, 1.165) is 11.5 Å². The molecule has 0 unspecified atom stereocenters. The third kappa shape index (κ3) is 4.41. The van der Waals surface area contributed by atoms with Crippen molar-refractivity contribution < 1.29 is 18.7 Å². The summed E-state index contributed by atoms with van der Waals surface area (Å²) >= 11 is 0. The maximum Gasteiger partial charge on any atom is 0.269 e. The van der Waals surface area contributed by atoms with Gasteiger partial charge in [-0.25, -0.2) is 14.4 Å². The predicted octanol–water partition coefficient (Wildman–Crippen LogP) is 5.46. The van der Waals surface area contributed by atoms with Gasteiger partial charge in [-0.2, -0.15) is 0 Å². The Hall–Kier alpha value is -5.51. The van der Waals surface area contributed by atoms with Crippen molar-refractivity contribution in [3.05, 3.63) is 113 Å². The number of fused-ring (bicyclic) bond motifs is 2. The fourth-order valence-electron chi connectivity index (χ4n) is 4.48. The number of hydrogen-bond donors (Lipinski definition) is 1. The molecule has 0 bridgehead atoms. The summed E-state index contributed by atoms with van der Waals surface area (Å²) in [6.07, 6.45) is 5.00. The highest BCUT2D eigenvalue weighted by atomic mass is 19.1. The summed E-state index contributed by atoms with van der Waals surface area (Å²) in [5.74, 6) is -0.323. The summed E-state index contributed by atoms with van der Waals surface area (Å²) in [6.45, 7) is 0. The number of ether oxygens (including phenoxy) is 2. The number of hydrogen-bond acceptors (Lipinski definition) is 6. The molecule has 0 saturated heterocycles. The molecule has 10 heteroatoms. The van der Waals surface area contributed by atoms with Crippen molar-refractivity contribution >= 4 is 33.7 Å². The molecule has 0 aliphatic heterocycles. The monoisotopic (exact) mass is 535 g/mol. The van der Waals surface area contributed by atoms with Crippen LogP contribution in [0.5, 0.6) is 17.2 Å². The quantitative estimate of drug-likeness (QED) is 0.304. The maximum atomic E-state index is 15.0. The second-order valence-electron chi connectivity index (χ2n) is 8.99. The molecular formula is C30H22FN5O4. The summed E-state index contributed by atoms with van der Waals surface area (Å²) in [5.41, 5.74) is 1.08. The van der Waals surface area contributed by atoms with Crippen molar-refractivity contribution in [2.24, 2.45) is 7.05 Å². The van der Waals surface area contributed by atoms with Crippen molar-refractivity contribution in [1.29, 1.82) is 0 Å². The van der Waals surface area contributed by atoms with Crippen molar-refractivity contribution in [3.63, 3.8) is 0 Å². The van der Waals surface area contributed by atoms with E-state index < -0.39 is 17.3 Å². The molecule has 0 aliphatic rings. The Bertz CT molecular complexity index is 1960. The summed E-state index contributed by atoms with van der Waals surface area (Å²) in [4.78, 5) is 35.5. The molecule has 0 spiro atoms. The maximum absolute atomic E-state index is 15.0. The molecule has 198 valence electrons. The third-order valence-corrected chi connectivity index (χ3v) is 6.47. The number of nitrogens with zero attached hydrogens (tertiary/aromatic N) is 4. The highest BCUT2D eigenvalue weighted by Crippen LogP contribution is 2.31. The number of carbonyl (C=O) groups is 1. The minimum atomic E-state index is -0.689. The second kappa shape index (κ2) is 9.99. The topological polar surface area (TPSA) is 100 Å². The largest absolute Gasteiger partial charge is 0.497 e. The fourth-order valence-corrected chi connectivity index (χ4v) is 4.48. The van der Waals surface area contributed by atoms with Gasteiger partial charge in [0.05, 0.1) is 18.2 Å². The van der Waals surface area contributed by atoms with Crippen LogP contribution < -0.4 is 20.3 Å². The van der Waals surface area contributed by atoms with Gasteiger partial charge in [0, 0.05) is 42.8 Å².